The van der Waals surface area contributed by atoms with Crippen LogP contribution in [-0.4, -0.2) is 63.8 Å². The van der Waals surface area contributed by atoms with Crippen molar-refractivity contribution in [2.75, 3.05) is 26.2 Å². The predicted molar refractivity (Wildman–Crippen MR) is 96.9 cm³/mol. The number of carbonyl (C=O) groups is 3. The molecule has 1 N–H and O–H groups in total. The standard InChI is InChI=1S/C19H28N4O3/c1-3-4-9-22-12-19(8-6-17(22)25)7-5-10-23(13-19)18(26)16-11-15(14(2)24)20-21-16/h11H,3-10,12-13H2,1-2H3,(H,20,21). The zero-order chi connectivity index (χ0) is 18.7. The molecular weight excluding hydrogens is 332 g/mol. The van der Waals surface area contributed by atoms with Crippen molar-refractivity contribution < 1.29 is 14.4 Å². The molecule has 2 saturated heterocycles. The van der Waals surface area contributed by atoms with E-state index in [1.807, 2.05) is 9.80 Å². The van der Waals surface area contributed by atoms with Crippen LogP contribution in [0.3, 0.4) is 0 Å². The van der Waals surface area contributed by atoms with Gasteiger partial charge in [0.15, 0.2) is 5.78 Å². The highest BCUT2D eigenvalue weighted by molar-refractivity contribution is 5.97. The van der Waals surface area contributed by atoms with Crippen LogP contribution in [0.5, 0.6) is 0 Å². The van der Waals surface area contributed by atoms with Gasteiger partial charge in [-0.25, -0.2) is 0 Å². The van der Waals surface area contributed by atoms with E-state index >= 15 is 0 Å². The number of carbonyl (C=O) groups excluding carboxylic acids is 3. The molecule has 7 heteroatoms. The minimum absolute atomic E-state index is 0.00100. The molecule has 1 unspecified atom stereocenters. The van der Waals surface area contributed by atoms with Crippen molar-refractivity contribution in [1.29, 1.82) is 0 Å². The fraction of sp³-hybridized carbons (Fsp3) is 0.684. The third-order valence-electron chi connectivity index (χ3n) is 5.65. The van der Waals surface area contributed by atoms with Crippen LogP contribution < -0.4 is 0 Å². The largest absolute Gasteiger partial charge is 0.342 e. The van der Waals surface area contributed by atoms with Gasteiger partial charge in [-0.3, -0.25) is 19.5 Å². The zero-order valence-electron chi connectivity index (χ0n) is 15.7. The molecule has 3 heterocycles. The van der Waals surface area contributed by atoms with Crippen LogP contribution in [0.25, 0.3) is 0 Å². The van der Waals surface area contributed by atoms with Crippen molar-refractivity contribution in [2.24, 2.45) is 5.41 Å². The molecule has 0 saturated carbocycles. The first kappa shape index (κ1) is 18.6. The van der Waals surface area contributed by atoms with Crippen LogP contribution >= 0.6 is 0 Å². The van der Waals surface area contributed by atoms with E-state index in [9.17, 15) is 14.4 Å². The Morgan fingerprint density at radius 3 is 2.81 bits per heavy atom. The Balaban J connectivity index is 1.70. The fourth-order valence-corrected chi connectivity index (χ4v) is 4.15. The van der Waals surface area contributed by atoms with Crippen molar-refractivity contribution >= 4 is 17.6 Å². The Morgan fingerprint density at radius 1 is 1.31 bits per heavy atom. The van der Waals surface area contributed by atoms with Crippen molar-refractivity contribution in [3.05, 3.63) is 17.5 Å². The predicted octanol–water partition coefficient (Wildman–Crippen LogP) is 2.26. The number of unbranched alkanes of at least 4 members (excludes halogenated alkanes) is 1. The molecule has 1 aromatic heterocycles. The van der Waals surface area contributed by atoms with Gasteiger partial charge in [0.1, 0.15) is 11.4 Å². The van der Waals surface area contributed by atoms with Crippen LogP contribution in [0.4, 0.5) is 0 Å². The van der Waals surface area contributed by atoms with Gasteiger partial charge in [0, 0.05) is 44.9 Å². The molecule has 0 bridgehead atoms. The molecule has 2 fully saturated rings. The smallest absolute Gasteiger partial charge is 0.271 e. The minimum atomic E-state index is -0.159. The number of H-pyrrole nitrogens is 1. The highest BCUT2D eigenvalue weighted by atomic mass is 16.2. The van der Waals surface area contributed by atoms with Gasteiger partial charge in [-0.2, -0.15) is 5.10 Å². The number of ketones is 1. The van der Waals surface area contributed by atoms with Crippen LogP contribution in [0.2, 0.25) is 0 Å². The quantitative estimate of drug-likeness (QED) is 0.816. The molecule has 3 rings (SSSR count). The number of nitrogens with zero attached hydrogens (tertiary/aromatic N) is 3. The molecule has 2 aliphatic rings. The molecule has 1 aromatic rings. The number of hydrogen-bond donors (Lipinski definition) is 1. The van der Waals surface area contributed by atoms with E-state index in [0.29, 0.717) is 25.2 Å². The van der Waals surface area contributed by atoms with Crippen LogP contribution in [0.1, 0.15) is 73.3 Å². The van der Waals surface area contributed by atoms with E-state index in [1.54, 1.807) is 0 Å². The summed E-state index contributed by atoms with van der Waals surface area (Å²) in [7, 11) is 0. The topological polar surface area (TPSA) is 86.4 Å². The highest BCUT2D eigenvalue weighted by Crippen LogP contribution is 2.39. The molecule has 7 nitrogen and oxygen atoms in total. The van der Waals surface area contributed by atoms with E-state index in [0.717, 1.165) is 45.2 Å². The molecular formula is C19H28N4O3. The van der Waals surface area contributed by atoms with E-state index in [4.69, 9.17) is 0 Å². The lowest BCUT2D eigenvalue weighted by Crippen LogP contribution is -2.55. The third-order valence-corrected chi connectivity index (χ3v) is 5.65. The van der Waals surface area contributed by atoms with Gasteiger partial charge in [0.25, 0.3) is 5.91 Å². The number of hydrogen-bond acceptors (Lipinski definition) is 4. The molecule has 1 spiro atoms. The Bertz CT molecular complexity index is 699. The van der Waals surface area contributed by atoms with Gasteiger partial charge in [-0.15, -0.1) is 0 Å². The number of likely N-dealkylation sites (tertiary alicyclic amines) is 2. The molecule has 2 amide bonds. The molecule has 0 aromatic carbocycles. The first-order valence-corrected chi connectivity index (χ1v) is 9.57. The summed E-state index contributed by atoms with van der Waals surface area (Å²) in [6.45, 7) is 6.49. The normalized spacial score (nSPS) is 23.5. The Labute approximate surface area is 154 Å². The van der Waals surface area contributed by atoms with E-state index in [1.165, 1.54) is 13.0 Å². The lowest BCUT2D eigenvalue weighted by Gasteiger charge is -2.48. The minimum Gasteiger partial charge on any atom is -0.342 e. The number of aromatic amines is 1. The SMILES string of the molecule is CCCCN1CC2(CCCN(C(=O)c3cc(C(C)=O)n[nH]3)C2)CCC1=O. The summed E-state index contributed by atoms with van der Waals surface area (Å²) >= 11 is 0. The second kappa shape index (κ2) is 7.60. The maximum absolute atomic E-state index is 12.8. The molecule has 26 heavy (non-hydrogen) atoms. The lowest BCUT2D eigenvalue weighted by atomic mass is 9.73. The van der Waals surface area contributed by atoms with Crippen molar-refractivity contribution in [1.82, 2.24) is 20.0 Å². The number of nitrogens with one attached hydrogen (secondary N) is 1. The average Bonchev–Trinajstić information content (AvgIpc) is 3.13. The maximum atomic E-state index is 12.8. The van der Waals surface area contributed by atoms with Gasteiger partial charge in [-0.1, -0.05) is 13.3 Å². The summed E-state index contributed by atoms with van der Waals surface area (Å²) in [6, 6.07) is 1.53. The number of Topliss-reactive ketones (excluding diaryl/α,β-unsaturated/α-hetero) is 1. The number of rotatable bonds is 5. The highest BCUT2D eigenvalue weighted by Gasteiger charge is 2.42. The Hall–Kier alpha value is -2.18. The summed E-state index contributed by atoms with van der Waals surface area (Å²) in [6.07, 6.45) is 5.50. The molecule has 142 valence electrons. The van der Waals surface area contributed by atoms with Crippen LogP contribution in [0.15, 0.2) is 6.07 Å². The van der Waals surface area contributed by atoms with Gasteiger partial charge in [-0.05, 0) is 31.7 Å². The average molecular weight is 360 g/mol. The third kappa shape index (κ3) is 3.81. The number of aromatic nitrogens is 2. The van der Waals surface area contributed by atoms with Crippen molar-refractivity contribution in [3.63, 3.8) is 0 Å². The van der Waals surface area contributed by atoms with Gasteiger partial charge in [0.2, 0.25) is 5.91 Å². The molecule has 1 atom stereocenters. The fourth-order valence-electron chi connectivity index (χ4n) is 4.15. The van der Waals surface area contributed by atoms with Crippen LogP contribution in [0, 0.1) is 5.41 Å². The Kier molecular flexibility index (Phi) is 5.44. The van der Waals surface area contributed by atoms with Crippen molar-refractivity contribution in [3.8, 4) is 0 Å². The van der Waals surface area contributed by atoms with E-state index < -0.39 is 0 Å². The maximum Gasteiger partial charge on any atom is 0.271 e. The van der Waals surface area contributed by atoms with Gasteiger partial charge in [0.05, 0.1) is 0 Å². The summed E-state index contributed by atoms with van der Waals surface area (Å²) in [5.74, 6) is -0.0268. The van der Waals surface area contributed by atoms with E-state index in [-0.39, 0.29) is 28.7 Å². The second-order valence-corrected chi connectivity index (χ2v) is 7.72. The van der Waals surface area contributed by atoms with Gasteiger partial charge < -0.3 is 9.80 Å². The van der Waals surface area contributed by atoms with Crippen molar-refractivity contribution in [2.45, 2.75) is 52.4 Å². The summed E-state index contributed by atoms with van der Waals surface area (Å²) in [5.41, 5.74) is 0.648. The first-order valence-electron chi connectivity index (χ1n) is 9.57. The first-order chi connectivity index (χ1) is 12.4. The van der Waals surface area contributed by atoms with Gasteiger partial charge >= 0.3 is 0 Å². The monoisotopic (exact) mass is 360 g/mol. The second-order valence-electron chi connectivity index (χ2n) is 7.72. The molecule has 0 radical (unpaired) electrons. The summed E-state index contributed by atoms with van der Waals surface area (Å²) in [5, 5.41) is 6.61. The number of amides is 2. The Morgan fingerprint density at radius 2 is 2.12 bits per heavy atom. The molecule has 0 aliphatic carbocycles. The van der Waals surface area contributed by atoms with Crippen LogP contribution in [-0.2, 0) is 4.79 Å². The molecule has 2 aliphatic heterocycles. The van der Waals surface area contributed by atoms with E-state index in [2.05, 4.69) is 17.1 Å². The lowest BCUT2D eigenvalue weighted by molar-refractivity contribution is -0.139. The number of piperidine rings is 2. The zero-order valence-corrected chi connectivity index (χ0v) is 15.7. The summed E-state index contributed by atoms with van der Waals surface area (Å²) in [4.78, 5) is 40.3. The summed E-state index contributed by atoms with van der Waals surface area (Å²) < 4.78 is 0.